The number of hydrogen-bond donors (Lipinski definition) is 1. The quantitative estimate of drug-likeness (QED) is 0.863. The summed E-state index contributed by atoms with van der Waals surface area (Å²) in [4.78, 5) is 14.3. The fourth-order valence-electron chi connectivity index (χ4n) is 2.44. The highest BCUT2D eigenvalue weighted by Gasteiger charge is 2.21. The zero-order valence-electron chi connectivity index (χ0n) is 13.5. The van der Waals surface area contributed by atoms with Crippen molar-refractivity contribution in [1.82, 2.24) is 0 Å². The Labute approximate surface area is 127 Å². The highest BCUT2D eigenvalue weighted by molar-refractivity contribution is 5.79. The minimum absolute atomic E-state index is 0.230. The van der Waals surface area contributed by atoms with Crippen LogP contribution in [0.2, 0.25) is 0 Å². The lowest BCUT2D eigenvalue weighted by Gasteiger charge is -2.23. The van der Waals surface area contributed by atoms with Gasteiger partial charge in [0.25, 0.3) is 0 Å². The number of nitrogens with zero attached hydrogens (tertiary/aromatic N) is 1. The van der Waals surface area contributed by atoms with Crippen LogP contribution < -0.4 is 10.2 Å². The number of ether oxygens (including phenoxy) is 1. The molecule has 1 N–H and O–H groups in total. The Balaban J connectivity index is 1.91. The van der Waals surface area contributed by atoms with Gasteiger partial charge in [-0.3, -0.25) is 0 Å². The fourth-order valence-corrected chi connectivity index (χ4v) is 2.44. The molecule has 0 spiro atoms. The van der Waals surface area contributed by atoms with Gasteiger partial charge < -0.3 is 15.0 Å². The number of anilines is 2. The maximum Gasteiger partial charge on any atom is 0.328 e. The van der Waals surface area contributed by atoms with E-state index in [4.69, 9.17) is 4.74 Å². The summed E-state index contributed by atoms with van der Waals surface area (Å²) in [6.45, 7) is 9.73. The van der Waals surface area contributed by atoms with Gasteiger partial charge in [-0.1, -0.05) is 0 Å². The van der Waals surface area contributed by atoms with Crippen LogP contribution in [0.5, 0.6) is 0 Å². The van der Waals surface area contributed by atoms with E-state index in [1.54, 1.807) is 0 Å². The predicted octanol–water partition coefficient (Wildman–Crippen LogP) is 3.43. The summed E-state index contributed by atoms with van der Waals surface area (Å²) < 4.78 is 5.37. The molecule has 1 heterocycles. The van der Waals surface area contributed by atoms with E-state index >= 15 is 0 Å². The molecule has 0 saturated carbocycles. The fraction of sp³-hybridized carbons (Fsp3) is 0.588. The molecule has 1 aromatic rings. The third kappa shape index (κ3) is 4.66. The Bertz CT molecular complexity index is 471. The molecule has 116 valence electrons. The second-order valence-corrected chi connectivity index (χ2v) is 6.64. The van der Waals surface area contributed by atoms with Crippen molar-refractivity contribution in [1.29, 1.82) is 0 Å². The summed E-state index contributed by atoms with van der Waals surface area (Å²) >= 11 is 0. The molecule has 1 fully saturated rings. The molecule has 1 unspecified atom stereocenters. The van der Waals surface area contributed by atoms with Gasteiger partial charge in [0.2, 0.25) is 0 Å². The maximum atomic E-state index is 11.9. The van der Waals surface area contributed by atoms with Crippen LogP contribution in [0.4, 0.5) is 11.4 Å². The largest absolute Gasteiger partial charge is 0.458 e. The number of carbonyl (C=O) groups is 1. The third-order valence-electron chi connectivity index (χ3n) is 3.48. The number of carbonyl (C=O) groups excluding carboxylic acids is 1. The van der Waals surface area contributed by atoms with E-state index in [1.807, 2.05) is 39.8 Å². The number of hydrogen-bond acceptors (Lipinski definition) is 4. The Hall–Kier alpha value is -1.71. The van der Waals surface area contributed by atoms with Crippen molar-refractivity contribution in [3.63, 3.8) is 0 Å². The Morgan fingerprint density at radius 2 is 1.76 bits per heavy atom. The van der Waals surface area contributed by atoms with Crippen molar-refractivity contribution in [2.24, 2.45) is 0 Å². The van der Waals surface area contributed by atoms with Gasteiger partial charge in [-0.05, 0) is 64.8 Å². The van der Waals surface area contributed by atoms with Gasteiger partial charge in [-0.15, -0.1) is 0 Å². The van der Waals surface area contributed by atoms with Crippen molar-refractivity contribution < 1.29 is 9.53 Å². The minimum Gasteiger partial charge on any atom is -0.458 e. The average molecular weight is 290 g/mol. The van der Waals surface area contributed by atoms with Crippen LogP contribution in [-0.2, 0) is 9.53 Å². The van der Waals surface area contributed by atoms with Crippen molar-refractivity contribution in [3.8, 4) is 0 Å². The van der Waals surface area contributed by atoms with Gasteiger partial charge in [0.05, 0.1) is 0 Å². The van der Waals surface area contributed by atoms with Crippen molar-refractivity contribution >= 4 is 17.3 Å². The zero-order chi connectivity index (χ0) is 15.5. The van der Waals surface area contributed by atoms with Crippen LogP contribution in [0.1, 0.15) is 40.5 Å². The normalized spacial score (nSPS) is 16.7. The molecule has 1 atom stereocenters. The number of rotatable bonds is 4. The van der Waals surface area contributed by atoms with E-state index < -0.39 is 5.60 Å². The molecule has 1 aliphatic heterocycles. The summed E-state index contributed by atoms with van der Waals surface area (Å²) in [5.41, 5.74) is 1.74. The van der Waals surface area contributed by atoms with Crippen LogP contribution in [0, 0.1) is 0 Å². The number of benzene rings is 1. The van der Waals surface area contributed by atoms with E-state index in [2.05, 4.69) is 22.3 Å². The molecular formula is C17H26N2O2. The maximum absolute atomic E-state index is 11.9. The molecule has 0 radical (unpaired) electrons. The van der Waals surface area contributed by atoms with E-state index in [9.17, 15) is 4.79 Å². The Morgan fingerprint density at radius 1 is 1.19 bits per heavy atom. The Morgan fingerprint density at radius 3 is 2.29 bits per heavy atom. The third-order valence-corrected chi connectivity index (χ3v) is 3.48. The lowest BCUT2D eigenvalue weighted by molar-refractivity contribution is -0.155. The summed E-state index contributed by atoms with van der Waals surface area (Å²) in [5.74, 6) is -0.230. The summed E-state index contributed by atoms with van der Waals surface area (Å²) in [6.07, 6.45) is 2.55. The lowest BCUT2D eigenvalue weighted by atomic mass is 10.2. The van der Waals surface area contributed by atoms with E-state index in [0.29, 0.717) is 0 Å². The lowest BCUT2D eigenvalue weighted by Crippen LogP contribution is -2.34. The molecule has 1 aromatic carbocycles. The first kappa shape index (κ1) is 15.7. The SMILES string of the molecule is CC(Nc1ccc(N2CCCC2)cc1)C(=O)OC(C)(C)C. The molecule has 4 heteroatoms. The first-order valence-corrected chi connectivity index (χ1v) is 7.69. The monoisotopic (exact) mass is 290 g/mol. The van der Waals surface area contributed by atoms with Gasteiger partial charge in [-0.25, -0.2) is 4.79 Å². The molecule has 4 nitrogen and oxygen atoms in total. The minimum atomic E-state index is -0.452. The van der Waals surface area contributed by atoms with E-state index in [1.165, 1.54) is 18.5 Å². The summed E-state index contributed by atoms with van der Waals surface area (Å²) in [6, 6.07) is 7.90. The average Bonchev–Trinajstić information content (AvgIpc) is 2.91. The van der Waals surface area contributed by atoms with Gasteiger partial charge in [-0.2, -0.15) is 0 Å². The topological polar surface area (TPSA) is 41.6 Å². The van der Waals surface area contributed by atoms with E-state index in [-0.39, 0.29) is 12.0 Å². The summed E-state index contributed by atoms with van der Waals surface area (Å²) in [7, 11) is 0. The first-order chi connectivity index (χ1) is 9.85. The molecule has 0 aliphatic carbocycles. The first-order valence-electron chi connectivity index (χ1n) is 7.69. The summed E-state index contributed by atoms with van der Waals surface area (Å²) in [5, 5.41) is 3.19. The second-order valence-electron chi connectivity index (χ2n) is 6.64. The molecule has 0 aromatic heterocycles. The standard InChI is InChI=1S/C17H26N2O2/c1-13(16(20)21-17(2,3)4)18-14-7-9-15(10-8-14)19-11-5-6-12-19/h7-10,13,18H,5-6,11-12H2,1-4H3. The molecule has 2 rings (SSSR count). The van der Waals surface area contributed by atoms with Crippen LogP contribution in [0.15, 0.2) is 24.3 Å². The second kappa shape index (κ2) is 6.37. The number of nitrogens with one attached hydrogen (secondary N) is 1. The van der Waals surface area contributed by atoms with Gasteiger partial charge in [0.1, 0.15) is 11.6 Å². The van der Waals surface area contributed by atoms with Crippen molar-refractivity contribution in [2.75, 3.05) is 23.3 Å². The molecule has 0 amide bonds. The predicted molar refractivity (Wildman–Crippen MR) is 86.8 cm³/mol. The molecule has 1 aliphatic rings. The van der Waals surface area contributed by atoms with Crippen molar-refractivity contribution in [3.05, 3.63) is 24.3 Å². The van der Waals surface area contributed by atoms with Gasteiger partial charge >= 0.3 is 5.97 Å². The molecule has 0 bridgehead atoms. The van der Waals surface area contributed by atoms with Crippen LogP contribution >= 0.6 is 0 Å². The van der Waals surface area contributed by atoms with Crippen LogP contribution in [0.25, 0.3) is 0 Å². The highest BCUT2D eigenvalue weighted by Crippen LogP contribution is 2.22. The molecular weight excluding hydrogens is 264 g/mol. The van der Waals surface area contributed by atoms with Crippen LogP contribution in [0.3, 0.4) is 0 Å². The van der Waals surface area contributed by atoms with Crippen LogP contribution in [-0.4, -0.2) is 30.7 Å². The smallest absolute Gasteiger partial charge is 0.328 e. The van der Waals surface area contributed by atoms with E-state index in [0.717, 1.165) is 18.8 Å². The Kier molecular flexibility index (Phi) is 4.76. The van der Waals surface area contributed by atoms with Gasteiger partial charge in [0, 0.05) is 24.5 Å². The molecule has 1 saturated heterocycles. The van der Waals surface area contributed by atoms with Gasteiger partial charge in [0.15, 0.2) is 0 Å². The molecule has 21 heavy (non-hydrogen) atoms. The van der Waals surface area contributed by atoms with Crippen molar-refractivity contribution in [2.45, 2.75) is 52.2 Å². The highest BCUT2D eigenvalue weighted by atomic mass is 16.6. The zero-order valence-corrected chi connectivity index (χ0v) is 13.5. The number of esters is 1.